The van der Waals surface area contributed by atoms with E-state index in [2.05, 4.69) is 20.5 Å². The van der Waals surface area contributed by atoms with Crippen molar-refractivity contribution in [1.29, 1.82) is 0 Å². The second-order valence-corrected chi connectivity index (χ2v) is 8.22. The Bertz CT molecular complexity index is 1300. The maximum Gasteiger partial charge on any atom is 0.176 e. The van der Waals surface area contributed by atoms with Crippen LogP contribution in [0.1, 0.15) is 0 Å². The molecule has 2 aromatic heterocycles. The van der Waals surface area contributed by atoms with E-state index in [4.69, 9.17) is 9.47 Å². The zero-order valence-corrected chi connectivity index (χ0v) is 16.3. The molecule has 0 aliphatic rings. The van der Waals surface area contributed by atoms with Gasteiger partial charge in [0.2, 0.25) is 0 Å². The molecule has 0 amide bonds. The van der Waals surface area contributed by atoms with E-state index in [-0.39, 0.29) is 4.90 Å². The highest BCUT2D eigenvalue weighted by atomic mass is 32.2. The average molecular weight is 398 g/mol. The third-order valence-corrected chi connectivity index (χ3v) is 5.57. The lowest BCUT2D eigenvalue weighted by atomic mass is 10.1. The van der Waals surface area contributed by atoms with Crippen LogP contribution in [0.3, 0.4) is 0 Å². The van der Waals surface area contributed by atoms with Crippen LogP contribution in [0.25, 0.3) is 21.8 Å². The van der Waals surface area contributed by atoms with Gasteiger partial charge in [-0.15, -0.1) is 0 Å². The smallest absolute Gasteiger partial charge is 0.176 e. The minimum Gasteiger partial charge on any atom is -0.493 e. The average Bonchev–Trinajstić information content (AvgIpc) is 3.17. The lowest BCUT2D eigenvalue weighted by Gasteiger charge is -2.13. The zero-order valence-electron chi connectivity index (χ0n) is 15.5. The van der Waals surface area contributed by atoms with Crippen LogP contribution >= 0.6 is 0 Å². The second kappa shape index (κ2) is 6.68. The Morgan fingerprint density at radius 3 is 2.57 bits per heavy atom. The van der Waals surface area contributed by atoms with Crippen LogP contribution in [0.2, 0.25) is 0 Å². The van der Waals surface area contributed by atoms with E-state index in [0.29, 0.717) is 39.1 Å². The Kier molecular flexibility index (Phi) is 4.31. The molecule has 0 spiro atoms. The fraction of sp³-hybridized carbons (Fsp3) is 0.158. The van der Waals surface area contributed by atoms with Crippen molar-refractivity contribution in [2.75, 3.05) is 25.8 Å². The molecule has 0 aliphatic carbocycles. The van der Waals surface area contributed by atoms with Crippen LogP contribution in [0.4, 0.5) is 11.5 Å². The van der Waals surface area contributed by atoms with Crippen molar-refractivity contribution in [3.63, 3.8) is 0 Å². The standard InChI is InChI=1S/C19H18N4O4S/c1-26-14-8-7-11(9-15(14)27-2)21-19-18-12(10-20-23-18)17-13(22-19)5-4-6-16(17)28(3,24)25/h4-10H,1-3H3,(H,20,23)(H,21,22). The number of methoxy groups -OCH3 is 2. The van der Waals surface area contributed by atoms with Gasteiger partial charge in [0, 0.05) is 28.8 Å². The number of hydrogen-bond donors (Lipinski definition) is 2. The molecule has 0 atom stereocenters. The van der Waals surface area contributed by atoms with Crippen LogP contribution in [0.5, 0.6) is 11.5 Å². The summed E-state index contributed by atoms with van der Waals surface area (Å²) in [7, 11) is -0.282. The van der Waals surface area contributed by atoms with Gasteiger partial charge < -0.3 is 14.8 Å². The number of fused-ring (bicyclic) bond motifs is 3. The highest BCUT2D eigenvalue weighted by Crippen LogP contribution is 2.35. The number of H-pyrrole nitrogens is 1. The molecular formula is C19H18N4O4S. The molecular weight excluding hydrogens is 380 g/mol. The maximum atomic E-state index is 12.2. The summed E-state index contributed by atoms with van der Waals surface area (Å²) in [5, 5.41) is 11.5. The van der Waals surface area contributed by atoms with Gasteiger partial charge in [-0.05, 0) is 24.3 Å². The minimum absolute atomic E-state index is 0.224. The predicted molar refractivity (Wildman–Crippen MR) is 107 cm³/mol. The quantitative estimate of drug-likeness (QED) is 0.531. The predicted octanol–water partition coefficient (Wildman–Crippen LogP) is 3.28. The third-order valence-electron chi connectivity index (χ3n) is 4.43. The first-order valence-electron chi connectivity index (χ1n) is 8.37. The van der Waals surface area contributed by atoms with Gasteiger partial charge in [-0.1, -0.05) is 6.07 Å². The van der Waals surface area contributed by atoms with Crippen molar-refractivity contribution in [3.05, 3.63) is 42.6 Å². The summed E-state index contributed by atoms with van der Waals surface area (Å²) in [6.45, 7) is 0. The molecule has 28 heavy (non-hydrogen) atoms. The Morgan fingerprint density at radius 1 is 1.07 bits per heavy atom. The summed E-state index contributed by atoms with van der Waals surface area (Å²) >= 11 is 0. The second-order valence-electron chi connectivity index (χ2n) is 6.24. The Morgan fingerprint density at radius 2 is 1.86 bits per heavy atom. The monoisotopic (exact) mass is 398 g/mol. The number of ether oxygens (including phenoxy) is 2. The number of aromatic amines is 1. The molecule has 0 unspecified atom stereocenters. The van der Waals surface area contributed by atoms with Crippen molar-refractivity contribution >= 4 is 43.1 Å². The van der Waals surface area contributed by atoms with E-state index >= 15 is 0 Å². The summed E-state index contributed by atoms with van der Waals surface area (Å²) in [6.07, 6.45) is 2.79. The van der Waals surface area contributed by atoms with Gasteiger partial charge in [0.15, 0.2) is 27.2 Å². The number of nitrogens with zero attached hydrogens (tertiary/aromatic N) is 2. The van der Waals surface area contributed by atoms with E-state index in [1.807, 2.05) is 6.07 Å². The number of nitrogens with one attached hydrogen (secondary N) is 2. The molecule has 0 saturated heterocycles. The van der Waals surface area contributed by atoms with E-state index in [1.165, 1.54) is 6.26 Å². The van der Waals surface area contributed by atoms with E-state index in [0.717, 1.165) is 5.69 Å². The number of aromatic nitrogens is 3. The van der Waals surface area contributed by atoms with Gasteiger partial charge in [-0.2, -0.15) is 5.10 Å². The van der Waals surface area contributed by atoms with Gasteiger partial charge in [-0.3, -0.25) is 5.10 Å². The molecule has 0 bridgehead atoms. The maximum absolute atomic E-state index is 12.2. The van der Waals surface area contributed by atoms with Crippen molar-refractivity contribution in [3.8, 4) is 11.5 Å². The number of sulfone groups is 1. The molecule has 2 heterocycles. The third kappa shape index (κ3) is 2.99. The van der Waals surface area contributed by atoms with Gasteiger partial charge in [0.05, 0.1) is 30.8 Å². The first-order valence-corrected chi connectivity index (χ1v) is 10.3. The molecule has 0 aliphatic heterocycles. The summed E-state index contributed by atoms with van der Waals surface area (Å²) in [5.41, 5.74) is 1.90. The number of benzene rings is 2. The van der Waals surface area contributed by atoms with Gasteiger partial charge in [-0.25, -0.2) is 13.4 Å². The summed E-state index contributed by atoms with van der Waals surface area (Å²) in [5.74, 6) is 1.72. The molecule has 8 nitrogen and oxygen atoms in total. The highest BCUT2D eigenvalue weighted by Gasteiger charge is 2.18. The highest BCUT2D eigenvalue weighted by molar-refractivity contribution is 7.91. The molecule has 4 rings (SSSR count). The van der Waals surface area contributed by atoms with Crippen LogP contribution in [0.15, 0.2) is 47.5 Å². The fourth-order valence-electron chi connectivity index (χ4n) is 3.17. The summed E-state index contributed by atoms with van der Waals surface area (Å²) < 4.78 is 35.0. The van der Waals surface area contributed by atoms with Crippen molar-refractivity contribution < 1.29 is 17.9 Å². The number of pyridine rings is 1. The lowest BCUT2D eigenvalue weighted by Crippen LogP contribution is -2.01. The first-order chi connectivity index (χ1) is 13.4. The molecule has 9 heteroatoms. The first kappa shape index (κ1) is 18.1. The molecule has 0 fully saturated rings. The van der Waals surface area contributed by atoms with Gasteiger partial charge in [0.25, 0.3) is 0 Å². The van der Waals surface area contributed by atoms with Crippen LogP contribution in [-0.4, -0.2) is 44.1 Å². The van der Waals surface area contributed by atoms with Crippen molar-refractivity contribution in [1.82, 2.24) is 15.2 Å². The summed E-state index contributed by atoms with van der Waals surface area (Å²) in [4.78, 5) is 4.85. The van der Waals surface area contributed by atoms with Crippen molar-refractivity contribution in [2.45, 2.75) is 4.90 Å². The number of hydrogen-bond acceptors (Lipinski definition) is 7. The van der Waals surface area contributed by atoms with Gasteiger partial charge >= 0.3 is 0 Å². The minimum atomic E-state index is -3.42. The normalized spacial score (nSPS) is 11.7. The Hall–Kier alpha value is -3.33. The Labute approximate surface area is 161 Å². The van der Waals surface area contributed by atoms with Gasteiger partial charge in [0.1, 0.15) is 5.52 Å². The molecule has 0 saturated carbocycles. The topological polar surface area (TPSA) is 106 Å². The zero-order chi connectivity index (χ0) is 19.9. The van der Waals surface area contributed by atoms with Crippen LogP contribution < -0.4 is 14.8 Å². The SMILES string of the molecule is COc1ccc(Nc2nc3cccc(S(C)(=O)=O)c3c3cn[nH]c23)cc1OC. The Balaban J connectivity index is 1.90. The summed E-state index contributed by atoms with van der Waals surface area (Å²) in [6, 6.07) is 10.4. The molecule has 4 aromatic rings. The van der Waals surface area contributed by atoms with Crippen molar-refractivity contribution in [2.24, 2.45) is 0 Å². The van der Waals surface area contributed by atoms with Crippen LogP contribution in [-0.2, 0) is 9.84 Å². The molecule has 2 aromatic carbocycles. The number of rotatable bonds is 5. The largest absolute Gasteiger partial charge is 0.493 e. The molecule has 0 radical (unpaired) electrons. The fourth-order valence-corrected chi connectivity index (χ4v) is 4.08. The van der Waals surface area contributed by atoms with E-state index < -0.39 is 9.84 Å². The van der Waals surface area contributed by atoms with Crippen LogP contribution in [0, 0.1) is 0 Å². The molecule has 2 N–H and O–H groups in total. The number of anilines is 2. The van der Waals surface area contributed by atoms with E-state index in [1.54, 1.807) is 50.7 Å². The molecule has 144 valence electrons. The lowest BCUT2D eigenvalue weighted by molar-refractivity contribution is 0.355. The van der Waals surface area contributed by atoms with E-state index in [9.17, 15) is 8.42 Å².